The van der Waals surface area contributed by atoms with E-state index >= 15 is 0 Å². The molecule has 1 aromatic carbocycles. The van der Waals surface area contributed by atoms with Crippen molar-refractivity contribution < 1.29 is 14.4 Å². The van der Waals surface area contributed by atoms with E-state index in [0.29, 0.717) is 24.7 Å². The Morgan fingerprint density at radius 3 is 2.79 bits per heavy atom. The summed E-state index contributed by atoms with van der Waals surface area (Å²) >= 11 is 0. The van der Waals surface area contributed by atoms with E-state index < -0.39 is 0 Å². The van der Waals surface area contributed by atoms with Crippen LogP contribution < -0.4 is 15.5 Å². The maximum absolute atomic E-state index is 12.8. The number of carbonyl (C=O) groups excluding carboxylic acids is 3. The second kappa shape index (κ2) is 8.14. The molecule has 3 aliphatic rings. The lowest BCUT2D eigenvalue weighted by atomic mass is 10.0. The number of likely N-dealkylation sites (tertiary alicyclic amines) is 1. The highest BCUT2D eigenvalue weighted by atomic mass is 16.2. The topological polar surface area (TPSA) is 81.8 Å². The molecule has 156 valence electrons. The van der Waals surface area contributed by atoms with Gasteiger partial charge in [0.05, 0.1) is 12.5 Å². The second-order valence-electron chi connectivity index (χ2n) is 8.54. The monoisotopic (exact) mass is 398 g/mol. The average molecular weight is 399 g/mol. The molecule has 0 radical (unpaired) electrons. The van der Waals surface area contributed by atoms with Crippen molar-refractivity contribution in [3.63, 3.8) is 0 Å². The van der Waals surface area contributed by atoms with Crippen molar-refractivity contribution in [2.75, 3.05) is 36.9 Å². The third-order valence-corrected chi connectivity index (χ3v) is 6.43. The normalized spacial score (nSPS) is 22.4. The van der Waals surface area contributed by atoms with Gasteiger partial charge in [-0.2, -0.15) is 0 Å². The zero-order valence-electron chi connectivity index (χ0n) is 17.2. The maximum Gasteiger partial charge on any atom is 0.240 e. The molecule has 0 spiro atoms. The number of carbonyl (C=O) groups is 3. The molecular formula is C22H30N4O3. The molecule has 0 bridgehead atoms. The van der Waals surface area contributed by atoms with Gasteiger partial charge in [-0.1, -0.05) is 6.07 Å². The Morgan fingerprint density at radius 2 is 2.07 bits per heavy atom. The van der Waals surface area contributed by atoms with Crippen LogP contribution in [-0.2, 0) is 20.8 Å². The van der Waals surface area contributed by atoms with Gasteiger partial charge in [-0.15, -0.1) is 0 Å². The number of rotatable bonds is 6. The highest BCUT2D eigenvalue weighted by Gasteiger charge is 2.41. The quantitative estimate of drug-likeness (QED) is 0.765. The fourth-order valence-corrected chi connectivity index (χ4v) is 4.54. The molecular weight excluding hydrogens is 368 g/mol. The summed E-state index contributed by atoms with van der Waals surface area (Å²) in [5.74, 6) is 0.277. The number of hydrogen-bond acceptors (Lipinski definition) is 4. The number of benzene rings is 1. The van der Waals surface area contributed by atoms with Gasteiger partial charge in [-0.25, -0.2) is 0 Å². The zero-order valence-corrected chi connectivity index (χ0v) is 17.2. The highest BCUT2D eigenvalue weighted by Crippen LogP contribution is 2.37. The lowest BCUT2D eigenvalue weighted by molar-refractivity contribution is -0.130. The molecule has 1 saturated heterocycles. The molecule has 29 heavy (non-hydrogen) atoms. The Morgan fingerprint density at radius 1 is 1.28 bits per heavy atom. The lowest BCUT2D eigenvalue weighted by Gasteiger charge is -2.30. The molecule has 1 aliphatic carbocycles. The van der Waals surface area contributed by atoms with E-state index in [1.165, 1.54) is 12.8 Å². The van der Waals surface area contributed by atoms with Crippen molar-refractivity contribution in [3.05, 3.63) is 23.8 Å². The van der Waals surface area contributed by atoms with Crippen LogP contribution in [-0.4, -0.2) is 55.3 Å². The van der Waals surface area contributed by atoms with Crippen molar-refractivity contribution >= 4 is 29.1 Å². The smallest absolute Gasteiger partial charge is 0.240 e. The summed E-state index contributed by atoms with van der Waals surface area (Å²) < 4.78 is 0. The van der Waals surface area contributed by atoms with E-state index in [1.807, 2.05) is 23.1 Å². The molecule has 3 amide bonds. The van der Waals surface area contributed by atoms with Gasteiger partial charge in [0.1, 0.15) is 0 Å². The van der Waals surface area contributed by atoms with Crippen LogP contribution in [0.5, 0.6) is 0 Å². The first-order valence-corrected chi connectivity index (χ1v) is 10.7. The number of amides is 3. The summed E-state index contributed by atoms with van der Waals surface area (Å²) in [4.78, 5) is 41.3. The summed E-state index contributed by atoms with van der Waals surface area (Å²) in [6.45, 7) is 3.57. The van der Waals surface area contributed by atoms with Crippen molar-refractivity contribution in [2.45, 2.75) is 45.1 Å². The van der Waals surface area contributed by atoms with Crippen molar-refractivity contribution in [3.8, 4) is 0 Å². The minimum absolute atomic E-state index is 0.0306. The van der Waals surface area contributed by atoms with Crippen molar-refractivity contribution in [1.29, 1.82) is 0 Å². The number of likely N-dealkylation sites (N-methyl/N-ethyl adjacent to an activating group) is 1. The highest BCUT2D eigenvalue weighted by molar-refractivity contribution is 5.99. The van der Waals surface area contributed by atoms with Gasteiger partial charge < -0.3 is 20.4 Å². The first kappa shape index (κ1) is 19.9. The molecule has 2 atom stereocenters. The molecule has 1 saturated carbocycles. The summed E-state index contributed by atoms with van der Waals surface area (Å²) in [5, 5.41) is 5.89. The van der Waals surface area contributed by atoms with Gasteiger partial charge in [0.2, 0.25) is 17.7 Å². The summed E-state index contributed by atoms with van der Waals surface area (Å²) in [5.41, 5.74) is 2.68. The number of anilines is 2. The molecule has 2 unspecified atom stereocenters. The number of nitrogens with zero attached hydrogens (tertiary/aromatic N) is 2. The van der Waals surface area contributed by atoms with Gasteiger partial charge >= 0.3 is 0 Å². The van der Waals surface area contributed by atoms with E-state index in [4.69, 9.17) is 0 Å². The fraction of sp³-hybridized carbons (Fsp3) is 0.591. The van der Waals surface area contributed by atoms with Crippen LogP contribution in [0.15, 0.2) is 18.2 Å². The second-order valence-corrected chi connectivity index (χ2v) is 8.54. The number of nitrogens with one attached hydrogen (secondary N) is 2. The first-order valence-electron chi connectivity index (χ1n) is 10.7. The van der Waals surface area contributed by atoms with Crippen LogP contribution in [0.3, 0.4) is 0 Å². The third-order valence-electron chi connectivity index (χ3n) is 6.43. The standard InChI is InChI=1S/C22H30N4O3/c1-14(15-5-6-15)26-13-17(10-20(26)27)22(29)24-18-8-7-16-4-3-9-25(19(16)11-18)21(28)12-23-2/h7-8,11,14-15,17,23H,3-6,9-10,12-13H2,1-2H3,(H,24,29). The van der Waals surface area contributed by atoms with Crippen molar-refractivity contribution in [1.82, 2.24) is 10.2 Å². The molecule has 4 rings (SSSR count). The first-order chi connectivity index (χ1) is 14.0. The minimum atomic E-state index is -0.318. The van der Waals surface area contributed by atoms with Crippen LogP contribution in [0.1, 0.15) is 38.2 Å². The van der Waals surface area contributed by atoms with Gasteiger partial charge in [0.25, 0.3) is 0 Å². The van der Waals surface area contributed by atoms with E-state index in [9.17, 15) is 14.4 Å². The Labute approximate surface area is 171 Å². The number of aryl methyl sites for hydroxylation is 1. The largest absolute Gasteiger partial charge is 0.339 e. The molecule has 2 heterocycles. The number of hydrogen-bond donors (Lipinski definition) is 2. The molecule has 2 N–H and O–H groups in total. The van der Waals surface area contributed by atoms with Gasteiger partial charge in [0.15, 0.2) is 0 Å². The van der Waals surface area contributed by atoms with Crippen LogP contribution in [0.4, 0.5) is 11.4 Å². The average Bonchev–Trinajstić information content (AvgIpc) is 3.49. The fourth-order valence-electron chi connectivity index (χ4n) is 4.54. The molecule has 2 fully saturated rings. The van der Waals surface area contributed by atoms with Gasteiger partial charge in [0, 0.05) is 36.9 Å². The molecule has 1 aromatic rings. The molecule has 2 aliphatic heterocycles. The van der Waals surface area contributed by atoms with Crippen LogP contribution in [0.2, 0.25) is 0 Å². The predicted molar refractivity (Wildman–Crippen MR) is 112 cm³/mol. The van der Waals surface area contributed by atoms with E-state index in [-0.39, 0.29) is 42.6 Å². The molecule has 7 heteroatoms. The van der Waals surface area contributed by atoms with Crippen LogP contribution in [0.25, 0.3) is 0 Å². The number of fused-ring (bicyclic) bond motifs is 1. The predicted octanol–water partition coefficient (Wildman–Crippen LogP) is 1.77. The third kappa shape index (κ3) is 4.15. The SMILES string of the molecule is CNCC(=O)N1CCCc2ccc(NC(=O)C3CC(=O)N(C(C)C4CC4)C3)cc21. The van der Waals surface area contributed by atoms with Crippen molar-refractivity contribution in [2.24, 2.45) is 11.8 Å². The maximum atomic E-state index is 12.8. The zero-order chi connectivity index (χ0) is 20.5. The minimum Gasteiger partial charge on any atom is -0.339 e. The van der Waals surface area contributed by atoms with E-state index in [1.54, 1.807) is 11.9 Å². The van der Waals surface area contributed by atoms with E-state index in [0.717, 1.165) is 24.1 Å². The Hall–Kier alpha value is -2.41. The van der Waals surface area contributed by atoms with Crippen LogP contribution in [0, 0.1) is 11.8 Å². The molecule has 0 aromatic heterocycles. The lowest BCUT2D eigenvalue weighted by Crippen LogP contribution is -2.40. The Balaban J connectivity index is 1.44. The Bertz CT molecular complexity index is 820. The molecule has 7 nitrogen and oxygen atoms in total. The summed E-state index contributed by atoms with van der Waals surface area (Å²) in [6.07, 6.45) is 4.51. The van der Waals surface area contributed by atoms with Crippen LogP contribution >= 0.6 is 0 Å². The summed E-state index contributed by atoms with van der Waals surface area (Å²) in [7, 11) is 1.76. The van der Waals surface area contributed by atoms with Gasteiger partial charge in [-0.3, -0.25) is 14.4 Å². The Kier molecular flexibility index (Phi) is 5.58. The van der Waals surface area contributed by atoms with E-state index in [2.05, 4.69) is 17.6 Å². The van der Waals surface area contributed by atoms with Gasteiger partial charge in [-0.05, 0) is 63.3 Å². The summed E-state index contributed by atoms with van der Waals surface area (Å²) in [6, 6.07) is 6.01.